The molecule has 0 spiro atoms. The van der Waals surface area contributed by atoms with Crippen LogP contribution in [-0.4, -0.2) is 11.0 Å². The molecule has 0 amide bonds. The molecule has 1 heterocycles. The van der Waals surface area contributed by atoms with Crippen LogP contribution in [0.25, 0.3) is 0 Å². The van der Waals surface area contributed by atoms with Gasteiger partial charge in [0.25, 0.3) is 0 Å². The van der Waals surface area contributed by atoms with Gasteiger partial charge in [-0.2, -0.15) is 5.26 Å². The number of nitrogens with two attached hydrogens (primary N) is 1. The lowest BCUT2D eigenvalue weighted by molar-refractivity contribution is 0.342. The molecule has 96 valence electrons. The molecule has 1 fully saturated rings. The molecule has 1 aromatic rings. The Labute approximate surface area is 112 Å². The van der Waals surface area contributed by atoms with Gasteiger partial charge in [0.15, 0.2) is 5.82 Å². The van der Waals surface area contributed by atoms with Crippen LogP contribution in [0.5, 0.6) is 0 Å². The van der Waals surface area contributed by atoms with Crippen LogP contribution < -0.4 is 11.1 Å². The number of nitrogen functional groups attached to an aromatic ring is 1. The maximum Gasteiger partial charge on any atom is 0.151 e. The van der Waals surface area contributed by atoms with Gasteiger partial charge in [0.1, 0.15) is 5.15 Å². The summed E-state index contributed by atoms with van der Waals surface area (Å²) in [6, 6.07) is 6.08. The van der Waals surface area contributed by atoms with Gasteiger partial charge in [0, 0.05) is 12.5 Å². The Kier molecular flexibility index (Phi) is 4.27. The molecular formula is C13H17ClN4. The predicted molar refractivity (Wildman–Crippen MR) is 73.3 cm³/mol. The van der Waals surface area contributed by atoms with E-state index < -0.39 is 0 Å². The summed E-state index contributed by atoms with van der Waals surface area (Å²) < 4.78 is 0. The molecule has 1 aromatic heterocycles. The second-order valence-corrected chi connectivity index (χ2v) is 5.18. The number of rotatable bonds is 3. The molecule has 18 heavy (non-hydrogen) atoms. The molecule has 1 saturated carbocycles. The van der Waals surface area contributed by atoms with E-state index in [2.05, 4.69) is 16.4 Å². The van der Waals surface area contributed by atoms with Crippen molar-refractivity contribution in [1.82, 2.24) is 4.98 Å². The third kappa shape index (κ3) is 3.27. The number of aromatic nitrogens is 1. The van der Waals surface area contributed by atoms with Crippen LogP contribution in [0, 0.1) is 17.2 Å². The summed E-state index contributed by atoms with van der Waals surface area (Å²) in [4.78, 5) is 4.20. The zero-order chi connectivity index (χ0) is 13.0. The highest BCUT2D eigenvalue weighted by molar-refractivity contribution is 6.29. The molecule has 4 nitrogen and oxygen atoms in total. The zero-order valence-corrected chi connectivity index (χ0v) is 11.0. The Morgan fingerprint density at radius 3 is 2.78 bits per heavy atom. The van der Waals surface area contributed by atoms with E-state index in [0.29, 0.717) is 35.0 Å². The summed E-state index contributed by atoms with van der Waals surface area (Å²) in [5.74, 6) is 1.23. The second-order valence-electron chi connectivity index (χ2n) is 4.80. The maximum atomic E-state index is 8.68. The van der Waals surface area contributed by atoms with E-state index in [9.17, 15) is 0 Å². The van der Waals surface area contributed by atoms with Crippen molar-refractivity contribution in [3.05, 3.63) is 17.3 Å². The highest BCUT2D eigenvalue weighted by atomic mass is 35.5. The summed E-state index contributed by atoms with van der Waals surface area (Å²) in [7, 11) is 0. The minimum absolute atomic E-state index is 0.383. The highest BCUT2D eigenvalue weighted by Gasteiger charge is 2.21. The molecule has 2 rings (SSSR count). The molecule has 1 aliphatic carbocycles. The van der Waals surface area contributed by atoms with Crippen molar-refractivity contribution < 1.29 is 0 Å². The van der Waals surface area contributed by atoms with Gasteiger partial charge in [-0.05, 0) is 43.7 Å². The smallest absolute Gasteiger partial charge is 0.151 e. The number of hydrogen-bond acceptors (Lipinski definition) is 4. The Bertz CT molecular complexity index is 447. The number of nitriles is 1. The first kappa shape index (κ1) is 13.0. The number of nitrogens with one attached hydrogen (secondary N) is 1. The Balaban J connectivity index is 1.92. The number of anilines is 2. The first-order chi connectivity index (χ1) is 8.69. The number of halogens is 1. The summed E-state index contributed by atoms with van der Waals surface area (Å²) in [5.41, 5.74) is 6.48. The van der Waals surface area contributed by atoms with Gasteiger partial charge in [0.05, 0.1) is 11.8 Å². The lowest BCUT2D eigenvalue weighted by Crippen LogP contribution is -2.26. The number of pyridine rings is 1. The van der Waals surface area contributed by atoms with E-state index in [1.54, 1.807) is 12.1 Å². The van der Waals surface area contributed by atoms with Gasteiger partial charge in [-0.3, -0.25) is 0 Å². The third-order valence-corrected chi connectivity index (χ3v) is 3.67. The minimum Gasteiger partial charge on any atom is -0.396 e. The van der Waals surface area contributed by atoms with Gasteiger partial charge in [-0.15, -0.1) is 0 Å². The van der Waals surface area contributed by atoms with Gasteiger partial charge in [-0.1, -0.05) is 11.6 Å². The van der Waals surface area contributed by atoms with Crippen molar-refractivity contribution in [2.45, 2.75) is 38.1 Å². The SMILES string of the molecule is N#CC[C@H]1CC[C@H](Nc2nc(Cl)ccc2N)CC1. The monoisotopic (exact) mass is 264 g/mol. The van der Waals surface area contributed by atoms with Gasteiger partial charge in [-0.25, -0.2) is 4.98 Å². The molecule has 0 saturated heterocycles. The van der Waals surface area contributed by atoms with Crippen molar-refractivity contribution in [1.29, 1.82) is 5.26 Å². The molecule has 0 atom stereocenters. The van der Waals surface area contributed by atoms with Gasteiger partial charge < -0.3 is 11.1 Å². The third-order valence-electron chi connectivity index (χ3n) is 3.46. The topological polar surface area (TPSA) is 74.7 Å². The molecule has 0 bridgehead atoms. The molecule has 0 aromatic carbocycles. The average Bonchev–Trinajstić information content (AvgIpc) is 2.37. The summed E-state index contributed by atoms with van der Waals surface area (Å²) in [5, 5.41) is 12.5. The van der Waals surface area contributed by atoms with Crippen molar-refractivity contribution in [3.8, 4) is 6.07 Å². The Morgan fingerprint density at radius 2 is 2.11 bits per heavy atom. The molecule has 0 radical (unpaired) electrons. The normalized spacial score (nSPS) is 23.3. The van der Waals surface area contributed by atoms with Crippen LogP contribution in [-0.2, 0) is 0 Å². The number of hydrogen-bond donors (Lipinski definition) is 2. The lowest BCUT2D eigenvalue weighted by atomic mass is 9.84. The fourth-order valence-corrected chi connectivity index (χ4v) is 2.54. The average molecular weight is 265 g/mol. The van der Waals surface area contributed by atoms with Crippen molar-refractivity contribution >= 4 is 23.1 Å². The predicted octanol–water partition coefficient (Wildman–Crippen LogP) is 3.20. The van der Waals surface area contributed by atoms with E-state index in [0.717, 1.165) is 25.7 Å². The van der Waals surface area contributed by atoms with Crippen LogP contribution in [0.2, 0.25) is 5.15 Å². The molecule has 0 unspecified atom stereocenters. The standard InChI is InChI=1S/C13H17ClN4/c14-12-6-5-11(16)13(18-12)17-10-3-1-9(2-4-10)7-8-15/h5-6,9-10H,1-4,7,16H2,(H,17,18)/t9-,10-. The lowest BCUT2D eigenvalue weighted by Gasteiger charge is -2.28. The maximum absolute atomic E-state index is 8.68. The molecule has 3 N–H and O–H groups in total. The van der Waals surface area contributed by atoms with Crippen molar-refractivity contribution in [3.63, 3.8) is 0 Å². The Hall–Kier alpha value is -1.47. The van der Waals surface area contributed by atoms with E-state index in [-0.39, 0.29) is 0 Å². The van der Waals surface area contributed by atoms with Crippen LogP contribution in [0.3, 0.4) is 0 Å². The van der Waals surface area contributed by atoms with E-state index in [1.807, 2.05) is 0 Å². The van der Waals surface area contributed by atoms with Gasteiger partial charge >= 0.3 is 0 Å². The van der Waals surface area contributed by atoms with E-state index >= 15 is 0 Å². The molecule has 1 aliphatic rings. The summed E-state index contributed by atoms with van der Waals surface area (Å²) >= 11 is 5.86. The van der Waals surface area contributed by atoms with Crippen LogP contribution in [0.4, 0.5) is 11.5 Å². The Morgan fingerprint density at radius 1 is 1.39 bits per heavy atom. The fourth-order valence-electron chi connectivity index (χ4n) is 2.40. The van der Waals surface area contributed by atoms with E-state index in [4.69, 9.17) is 22.6 Å². The first-order valence-corrected chi connectivity index (χ1v) is 6.62. The van der Waals surface area contributed by atoms with Crippen LogP contribution >= 0.6 is 11.6 Å². The fraction of sp³-hybridized carbons (Fsp3) is 0.538. The highest BCUT2D eigenvalue weighted by Crippen LogP contribution is 2.29. The molecule has 0 aliphatic heterocycles. The minimum atomic E-state index is 0.383. The van der Waals surface area contributed by atoms with Crippen LogP contribution in [0.15, 0.2) is 12.1 Å². The summed E-state index contributed by atoms with van der Waals surface area (Å²) in [6.07, 6.45) is 4.96. The zero-order valence-electron chi connectivity index (χ0n) is 10.2. The largest absolute Gasteiger partial charge is 0.396 e. The van der Waals surface area contributed by atoms with Crippen LogP contribution in [0.1, 0.15) is 32.1 Å². The summed E-state index contributed by atoms with van der Waals surface area (Å²) in [6.45, 7) is 0. The van der Waals surface area contributed by atoms with Crippen molar-refractivity contribution in [2.24, 2.45) is 5.92 Å². The molecular weight excluding hydrogens is 248 g/mol. The van der Waals surface area contributed by atoms with E-state index in [1.165, 1.54) is 0 Å². The molecule has 5 heteroatoms. The first-order valence-electron chi connectivity index (χ1n) is 6.24. The van der Waals surface area contributed by atoms with Gasteiger partial charge in [0.2, 0.25) is 0 Å². The van der Waals surface area contributed by atoms with Crippen molar-refractivity contribution in [2.75, 3.05) is 11.1 Å². The quantitative estimate of drug-likeness (QED) is 0.822. The number of nitrogens with zero attached hydrogens (tertiary/aromatic N) is 2. The second kappa shape index (κ2) is 5.92.